The van der Waals surface area contributed by atoms with Crippen LogP contribution in [-0.4, -0.2) is 47.7 Å². The second-order valence-electron chi connectivity index (χ2n) is 9.33. The number of aromatic nitrogens is 2. The summed E-state index contributed by atoms with van der Waals surface area (Å²) in [5.74, 6) is 1.86. The number of aryl methyl sites for hydroxylation is 2. The zero-order chi connectivity index (χ0) is 23.5. The molecule has 2 aromatic carbocycles. The average molecular weight is 448 g/mol. The van der Waals surface area contributed by atoms with E-state index in [1.165, 1.54) is 0 Å². The van der Waals surface area contributed by atoms with Gasteiger partial charge in [-0.15, -0.1) is 0 Å². The van der Waals surface area contributed by atoms with E-state index in [0.717, 1.165) is 53.5 Å². The lowest BCUT2D eigenvalue weighted by molar-refractivity contribution is 0.0940. The number of rotatable bonds is 6. The van der Waals surface area contributed by atoms with Gasteiger partial charge in [-0.05, 0) is 74.8 Å². The van der Waals surface area contributed by atoms with Gasteiger partial charge in [-0.3, -0.25) is 4.79 Å². The van der Waals surface area contributed by atoms with Crippen molar-refractivity contribution in [1.82, 2.24) is 15.3 Å². The number of phenols is 1. The normalized spacial score (nSPS) is 18.2. The van der Waals surface area contributed by atoms with E-state index in [1.54, 1.807) is 6.07 Å². The number of nitrogens with one attached hydrogen (secondary N) is 2. The Labute approximate surface area is 195 Å². The molecule has 1 amide bonds. The van der Waals surface area contributed by atoms with Crippen LogP contribution in [-0.2, 0) is 0 Å². The van der Waals surface area contributed by atoms with Crippen molar-refractivity contribution in [2.24, 2.45) is 5.92 Å². The molecule has 7 nitrogen and oxygen atoms in total. The number of phenolic OH excluding ortho intramolecular Hbond substituents is 1. The van der Waals surface area contributed by atoms with Crippen molar-refractivity contribution in [1.29, 1.82) is 0 Å². The second-order valence-corrected chi connectivity index (χ2v) is 9.33. The number of carbonyl (C=O) groups excluding carboxylic acids is 1. The van der Waals surface area contributed by atoms with E-state index < -0.39 is 0 Å². The smallest absolute Gasteiger partial charge is 0.255 e. The van der Waals surface area contributed by atoms with Crippen LogP contribution >= 0.6 is 0 Å². The Kier molecular flexibility index (Phi) is 6.67. The van der Waals surface area contributed by atoms with Crippen molar-refractivity contribution >= 4 is 28.6 Å². The maximum absolute atomic E-state index is 12.6. The summed E-state index contributed by atoms with van der Waals surface area (Å²) in [7, 11) is 3.99. The molecule has 0 atom stereocenters. The van der Waals surface area contributed by atoms with E-state index in [1.807, 2.05) is 63.2 Å². The van der Waals surface area contributed by atoms with Crippen LogP contribution in [0.4, 0.5) is 11.8 Å². The first kappa shape index (κ1) is 22.8. The summed E-state index contributed by atoms with van der Waals surface area (Å²) in [6, 6.07) is 12.0. The van der Waals surface area contributed by atoms with Gasteiger partial charge < -0.3 is 20.6 Å². The van der Waals surface area contributed by atoms with Gasteiger partial charge >= 0.3 is 0 Å². The number of para-hydroxylation sites is 1. The monoisotopic (exact) mass is 447 g/mol. The quantitative estimate of drug-likeness (QED) is 0.518. The minimum Gasteiger partial charge on any atom is -0.507 e. The first-order valence-electron chi connectivity index (χ1n) is 11.6. The highest BCUT2D eigenvalue weighted by Crippen LogP contribution is 2.29. The Morgan fingerprint density at radius 3 is 2.55 bits per heavy atom. The molecule has 3 aromatic rings. The first-order chi connectivity index (χ1) is 15.8. The van der Waals surface area contributed by atoms with Gasteiger partial charge in [0.05, 0.1) is 11.1 Å². The molecule has 33 heavy (non-hydrogen) atoms. The van der Waals surface area contributed by atoms with Crippen LogP contribution in [0.15, 0.2) is 36.4 Å². The molecule has 0 aliphatic heterocycles. The summed E-state index contributed by atoms with van der Waals surface area (Å²) < 4.78 is 0. The minimum absolute atomic E-state index is 0.0680. The van der Waals surface area contributed by atoms with Gasteiger partial charge in [0.25, 0.3) is 5.91 Å². The number of nitrogens with zero attached hydrogens (tertiary/aromatic N) is 3. The molecule has 7 heteroatoms. The van der Waals surface area contributed by atoms with E-state index in [9.17, 15) is 9.90 Å². The predicted molar refractivity (Wildman–Crippen MR) is 133 cm³/mol. The number of aromatic hydroxyl groups is 1. The van der Waals surface area contributed by atoms with Crippen LogP contribution in [0.5, 0.6) is 5.75 Å². The van der Waals surface area contributed by atoms with E-state index in [2.05, 4.69) is 10.6 Å². The van der Waals surface area contributed by atoms with Crippen LogP contribution in [0.1, 0.15) is 47.2 Å². The Bertz CT molecular complexity index is 1150. The highest BCUT2D eigenvalue weighted by atomic mass is 16.3. The van der Waals surface area contributed by atoms with Gasteiger partial charge in [0.1, 0.15) is 11.6 Å². The SMILES string of the molecule is Cc1cc(C)c(O)c(C(=O)NC[C@H]2CC[C@@H](Nc3nc(N(C)C)c4ccccc4n3)CC2)c1. The average Bonchev–Trinajstić information content (AvgIpc) is 2.80. The third-order valence-electron chi connectivity index (χ3n) is 6.43. The van der Waals surface area contributed by atoms with E-state index in [0.29, 0.717) is 30.0 Å². The molecule has 1 saturated carbocycles. The molecule has 174 valence electrons. The van der Waals surface area contributed by atoms with Crippen LogP contribution < -0.4 is 15.5 Å². The van der Waals surface area contributed by atoms with Crippen LogP contribution in [0, 0.1) is 19.8 Å². The maximum Gasteiger partial charge on any atom is 0.255 e. The molecule has 0 saturated heterocycles. The zero-order valence-electron chi connectivity index (χ0n) is 19.9. The summed E-state index contributed by atoms with van der Waals surface area (Å²) >= 11 is 0. The Morgan fingerprint density at radius 2 is 1.82 bits per heavy atom. The molecule has 0 unspecified atom stereocenters. The van der Waals surface area contributed by atoms with Crippen molar-refractivity contribution in [3.8, 4) is 5.75 Å². The number of hydrogen-bond acceptors (Lipinski definition) is 6. The molecule has 1 heterocycles. The predicted octanol–water partition coefficient (Wildman–Crippen LogP) is 4.42. The highest BCUT2D eigenvalue weighted by molar-refractivity contribution is 5.97. The highest BCUT2D eigenvalue weighted by Gasteiger charge is 2.23. The van der Waals surface area contributed by atoms with E-state index in [-0.39, 0.29) is 11.7 Å². The molecule has 0 bridgehead atoms. The van der Waals surface area contributed by atoms with Crippen LogP contribution in [0.3, 0.4) is 0 Å². The molecule has 3 N–H and O–H groups in total. The molecule has 1 aromatic heterocycles. The molecule has 1 aliphatic rings. The number of fused-ring (bicyclic) bond motifs is 1. The van der Waals surface area contributed by atoms with Crippen molar-refractivity contribution in [2.75, 3.05) is 30.9 Å². The molecule has 0 spiro atoms. The lowest BCUT2D eigenvalue weighted by atomic mass is 9.86. The van der Waals surface area contributed by atoms with Gasteiger partial charge in [0, 0.05) is 32.1 Å². The topological polar surface area (TPSA) is 90.4 Å². The van der Waals surface area contributed by atoms with Gasteiger partial charge in [0.2, 0.25) is 5.95 Å². The van der Waals surface area contributed by atoms with Crippen molar-refractivity contribution in [3.63, 3.8) is 0 Å². The van der Waals surface area contributed by atoms with Crippen molar-refractivity contribution < 1.29 is 9.90 Å². The number of hydrogen-bond donors (Lipinski definition) is 3. The second kappa shape index (κ2) is 9.65. The minimum atomic E-state index is -0.208. The summed E-state index contributed by atoms with van der Waals surface area (Å²) in [5, 5.41) is 17.8. The number of amides is 1. The molecule has 0 radical (unpaired) electrons. The fraction of sp³-hybridized carbons (Fsp3) is 0.423. The Hall–Kier alpha value is -3.35. The van der Waals surface area contributed by atoms with Crippen LogP contribution in [0.2, 0.25) is 0 Å². The van der Waals surface area contributed by atoms with Crippen molar-refractivity contribution in [3.05, 3.63) is 53.1 Å². The molecule has 4 rings (SSSR count). The zero-order valence-corrected chi connectivity index (χ0v) is 19.9. The van der Waals surface area contributed by atoms with E-state index in [4.69, 9.17) is 9.97 Å². The summed E-state index contributed by atoms with van der Waals surface area (Å²) in [4.78, 5) is 24.1. The van der Waals surface area contributed by atoms with Gasteiger partial charge in [0.15, 0.2) is 0 Å². The molecular weight excluding hydrogens is 414 g/mol. The summed E-state index contributed by atoms with van der Waals surface area (Å²) in [6.45, 7) is 4.36. The maximum atomic E-state index is 12.6. The van der Waals surface area contributed by atoms with E-state index >= 15 is 0 Å². The van der Waals surface area contributed by atoms with Crippen molar-refractivity contribution in [2.45, 2.75) is 45.6 Å². The number of anilines is 2. The lowest BCUT2D eigenvalue weighted by Gasteiger charge is -2.29. The largest absolute Gasteiger partial charge is 0.507 e. The summed E-state index contributed by atoms with van der Waals surface area (Å²) in [6.07, 6.45) is 4.04. The molecular formula is C26H33N5O2. The third kappa shape index (κ3) is 5.18. The van der Waals surface area contributed by atoms with Gasteiger partial charge in [-0.25, -0.2) is 4.98 Å². The summed E-state index contributed by atoms with van der Waals surface area (Å²) in [5.41, 5.74) is 2.98. The number of benzene rings is 2. The molecule has 1 aliphatic carbocycles. The lowest BCUT2D eigenvalue weighted by Crippen LogP contribution is -2.34. The fourth-order valence-corrected chi connectivity index (χ4v) is 4.62. The fourth-order valence-electron chi connectivity index (χ4n) is 4.62. The van der Waals surface area contributed by atoms with Gasteiger partial charge in [-0.2, -0.15) is 4.98 Å². The molecule has 1 fully saturated rings. The number of carbonyl (C=O) groups is 1. The third-order valence-corrected chi connectivity index (χ3v) is 6.43. The standard InChI is InChI=1S/C26H33N5O2/c1-16-13-17(2)23(32)21(14-16)25(33)27-15-18-9-11-19(12-10-18)28-26-29-22-8-6-5-7-20(22)24(30-26)31(3)4/h5-8,13-14,18-19,32H,9-12,15H2,1-4H3,(H,27,33)(H,28,29,30)/t18-,19+. The Morgan fingerprint density at radius 1 is 1.09 bits per heavy atom. The van der Waals surface area contributed by atoms with Gasteiger partial charge in [-0.1, -0.05) is 18.2 Å². The first-order valence-corrected chi connectivity index (χ1v) is 11.6. The van der Waals surface area contributed by atoms with Crippen LogP contribution in [0.25, 0.3) is 10.9 Å². The Balaban J connectivity index is 1.33.